The molecule has 3 aromatic rings. The molecule has 0 unspecified atom stereocenters. The van der Waals surface area contributed by atoms with Crippen LogP contribution in [-0.2, 0) is 4.79 Å². The molecule has 2 aromatic carbocycles. The molecule has 1 N–H and O–H groups in total. The van der Waals surface area contributed by atoms with E-state index in [9.17, 15) is 4.79 Å². The Kier molecular flexibility index (Phi) is 5.48. The highest BCUT2D eigenvalue weighted by Gasteiger charge is 2.12. The standard InChI is InChI=1S/C22H19N3O3S/c1-14-11-15(2)24-22(23-14)29-18-7-5-17(6-8-18)25-21(26)10-4-16-3-9-19-20(12-16)28-13-27-19/h3-12H,13H2,1-2H3,(H,25,26). The Morgan fingerprint density at radius 2 is 1.72 bits per heavy atom. The van der Waals surface area contributed by atoms with Gasteiger partial charge in [-0.2, -0.15) is 0 Å². The van der Waals surface area contributed by atoms with Gasteiger partial charge in [0.25, 0.3) is 0 Å². The molecule has 1 amide bonds. The first-order valence-electron chi connectivity index (χ1n) is 9.04. The van der Waals surface area contributed by atoms with Gasteiger partial charge in [0, 0.05) is 28.0 Å². The minimum absolute atomic E-state index is 0.208. The molecule has 0 bridgehead atoms. The number of ether oxygens (including phenoxy) is 2. The first-order chi connectivity index (χ1) is 14.0. The van der Waals surface area contributed by atoms with Crippen LogP contribution in [0.2, 0.25) is 0 Å². The molecule has 1 aliphatic heterocycles. The van der Waals surface area contributed by atoms with Crippen molar-refractivity contribution in [3.8, 4) is 11.5 Å². The minimum atomic E-state index is -0.208. The number of amides is 1. The summed E-state index contributed by atoms with van der Waals surface area (Å²) in [6, 6.07) is 15.1. The molecule has 0 atom stereocenters. The maximum Gasteiger partial charge on any atom is 0.248 e. The van der Waals surface area contributed by atoms with E-state index in [4.69, 9.17) is 9.47 Å². The van der Waals surface area contributed by atoms with Gasteiger partial charge in [-0.3, -0.25) is 4.79 Å². The Labute approximate surface area is 173 Å². The zero-order chi connectivity index (χ0) is 20.2. The van der Waals surface area contributed by atoms with E-state index >= 15 is 0 Å². The van der Waals surface area contributed by atoms with E-state index in [1.807, 2.05) is 62.4 Å². The minimum Gasteiger partial charge on any atom is -0.454 e. The van der Waals surface area contributed by atoms with Gasteiger partial charge >= 0.3 is 0 Å². The van der Waals surface area contributed by atoms with Gasteiger partial charge in [-0.15, -0.1) is 0 Å². The van der Waals surface area contributed by atoms with Gasteiger partial charge < -0.3 is 14.8 Å². The van der Waals surface area contributed by atoms with Gasteiger partial charge in [0.2, 0.25) is 12.7 Å². The molecule has 0 radical (unpaired) electrons. The Morgan fingerprint density at radius 3 is 2.48 bits per heavy atom. The van der Waals surface area contributed by atoms with Crippen LogP contribution >= 0.6 is 11.8 Å². The topological polar surface area (TPSA) is 73.3 Å². The third kappa shape index (κ3) is 4.94. The summed E-state index contributed by atoms with van der Waals surface area (Å²) in [5, 5.41) is 3.57. The molecule has 0 saturated heterocycles. The Morgan fingerprint density at radius 1 is 1.00 bits per heavy atom. The summed E-state index contributed by atoms with van der Waals surface area (Å²) in [7, 11) is 0. The van der Waals surface area contributed by atoms with Gasteiger partial charge in [-0.25, -0.2) is 9.97 Å². The molecule has 29 heavy (non-hydrogen) atoms. The number of aryl methyl sites for hydroxylation is 2. The Hall–Kier alpha value is -3.32. The zero-order valence-electron chi connectivity index (χ0n) is 16.0. The lowest BCUT2D eigenvalue weighted by Crippen LogP contribution is -2.07. The van der Waals surface area contributed by atoms with Crippen molar-refractivity contribution in [2.24, 2.45) is 0 Å². The van der Waals surface area contributed by atoms with Gasteiger partial charge in [-0.1, -0.05) is 6.07 Å². The Bertz CT molecular complexity index is 1060. The highest BCUT2D eigenvalue weighted by molar-refractivity contribution is 7.99. The lowest BCUT2D eigenvalue weighted by Gasteiger charge is -2.05. The molecule has 1 aromatic heterocycles. The largest absolute Gasteiger partial charge is 0.454 e. The normalized spacial score (nSPS) is 12.3. The molecule has 0 saturated carbocycles. The van der Waals surface area contributed by atoms with Gasteiger partial charge in [-0.05, 0) is 79.7 Å². The fourth-order valence-electron chi connectivity index (χ4n) is 2.82. The summed E-state index contributed by atoms with van der Waals surface area (Å²) in [4.78, 5) is 22.1. The third-order valence-electron chi connectivity index (χ3n) is 4.12. The number of nitrogens with one attached hydrogen (secondary N) is 1. The van der Waals surface area contributed by atoms with E-state index in [0.29, 0.717) is 10.9 Å². The van der Waals surface area contributed by atoms with Crippen molar-refractivity contribution in [2.45, 2.75) is 23.9 Å². The smallest absolute Gasteiger partial charge is 0.248 e. The summed E-state index contributed by atoms with van der Waals surface area (Å²) in [6.45, 7) is 4.13. The monoisotopic (exact) mass is 405 g/mol. The first-order valence-corrected chi connectivity index (χ1v) is 9.86. The van der Waals surface area contributed by atoms with Crippen LogP contribution < -0.4 is 14.8 Å². The van der Waals surface area contributed by atoms with E-state index in [1.54, 1.807) is 6.08 Å². The Balaban J connectivity index is 1.36. The third-order valence-corrected chi connectivity index (χ3v) is 4.99. The quantitative estimate of drug-likeness (QED) is 0.493. The number of fused-ring (bicyclic) bond motifs is 1. The molecule has 0 spiro atoms. The molecule has 0 aliphatic carbocycles. The second-order valence-electron chi connectivity index (χ2n) is 6.50. The fourth-order valence-corrected chi connectivity index (χ4v) is 3.69. The van der Waals surface area contributed by atoms with Crippen LogP contribution in [-0.4, -0.2) is 22.7 Å². The maximum atomic E-state index is 12.2. The second-order valence-corrected chi connectivity index (χ2v) is 7.54. The number of rotatable bonds is 5. The number of carbonyl (C=O) groups excluding carboxylic acids is 1. The van der Waals surface area contributed by atoms with Crippen LogP contribution in [0.25, 0.3) is 6.08 Å². The number of aromatic nitrogens is 2. The molecule has 7 heteroatoms. The van der Waals surface area contributed by atoms with Gasteiger partial charge in [0.1, 0.15) is 0 Å². The highest BCUT2D eigenvalue weighted by Crippen LogP contribution is 2.32. The van der Waals surface area contributed by atoms with Crippen LogP contribution in [0.4, 0.5) is 5.69 Å². The number of hydrogen-bond acceptors (Lipinski definition) is 6. The number of nitrogens with zero attached hydrogens (tertiary/aromatic N) is 2. The second kappa shape index (κ2) is 8.36. The molecular formula is C22H19N3O3S. The predicted octanol–water partition coefficient (Wildman–Crippen LogP) is 4.63. The highest BCUT2D eigenvalue weighted by atomic mass is 32.2. The van der Waals surface area contributed by atoms with Crippen molar-refractivity contribution < 1.29 is 14.3 Å². The van der Waals surface area contributed by atoms with Crippen LogP contribution in [0.1, 0.15) is 17.0 Å². The first kappa shape index (κ1) is 19.0. The van der Waals surface area contributed by atoms with E-state index in [-0.39, 0.29) is 12.7 Å². The van der Waals surface area contributed by atoms with E-state index in [2.05, 4.69) is 15.3 Å². The van der Waals surface area contributed by atoms with Crippen molar-refractivity contribution in [3.05, 3.63) is 71.6 Å². The summed E-state index contributed by atoms with van der Waals surface area (Å²) < 4.78 is 10.6. The molecular weight excluding hydrogens is 386 g/mol. The summed E-state index contributed by atoms with van der Waals surface area (Å²) in [6.07, 6.45) is 3.22. The van der Waals surface area contributed by atoms with Crippen LogP contribution in [0.5, 0.6) is 11.5 Å². The summed E-state index contributed by atoms with van der Waals surface area (Å²) >= 11 is 1.49. The molecule has 0 fully saturated rings. The fraction of sp³-hybridized carbons (Fsp3) is 0.136. The number of hydrogen-bond donors (Lipinski definition) is 1. The molecule has 2 heterocycles. The molecule has 146 valence electrons. The van der Waals surface area contributed by atoms with Crippen molar-refractivity contribution in [1.29, 1.82) is 0 Å². The van der Waals surface area contributed by atoms with Crippen LogP contribution in [0.3, 0.4) is 0 Å². The van der Waals surface area contributed by atoms with Crippen molar-refractivity contribution in [2.75, 3.05) is 12.1 Å². The lowest BCUT2D eigenvalue weighted by atomic mass is 10.2. The lowest BCUT2D eigenvalue weighted by molar-refractivity contribution is -0.111. The molecule has 6 nitrogen and oxygen atoms in total. The van der Waals surface area contributed by atoms with E-state index < -0.39 is 0 Å². The summed E-state index contributed by atoms with van der Waals surface area (Å²) in [5.41, 5.74) is 3.47. The van der Waals surface area contributed by atoms with E-state index in [1.165, 1.54) is 17.8 Å². The van der Waals surface area contributed by atoms with Gasteiger partial charge in [0.05, 0.1) is 0 Å². The number of carbonyl (C=O) groups is 1. The number of benzene rings is 2. The average molecular weight is 405 g/mol. The molecule has 4 rings (SSSR count). The summed E-state index contributed by atoms with van der Waals surface area (Å²) in [5.74, 6) is 1.20. The number of anilines is 1. The average Bonchev–Trinajstić information content (AvgIpc) is 3.15. The van der Waals surface area contributed by atoms with E-state index in [0.717, 1.165) is 33.3 Å². The van der Waals surface area contributed by atoms with Crippen molar-refractivity contribution >= 4 is 29.4 Å². The van der Waals surface area contributed by atoms with Crippen molar-refractivity contribution in [3.63, 3.8) is 0 Å². The molecule has 1 aliphatic rings. The van der Waals surface area contributed by atoms with Crippen LogP contribution in [0.15, 0.2) is 64.7 Å². The van der Waals surface area contributed by atoms with Crippen LogP contribution in [0, 0.1) is 13.8 Å². The van der Waals surface area contributed by atoms with Gasteiger partial charge in [0.15, 0.2) is 16.7 Å². The maximum absolute atomic E-state index is 12.2. The SMILES string of the molecule is Cc1cc(C)nc(Sc2ccc(NC(=O)C=Cc3ccc4c(c3)OCO4)cc2)n1. The zero-order valence-corrected chi connectivity index (χ0v) is 16.8. The predicted molar refractivity (Wildman–Crippen MR) is 112 cm³/mol. The van der Waals surface area contributed by atoms with Crippen molar-refractivity contribution in [1.82, 2.24) is 9.97 Å².